The highest BCUT2D eigenvalue weighted by atomic mass is 35.5. The lowest BCUT2D eigenvalue weighted by Crippen LogP contribution is -2.50. The Morgan fingerprint density at radius 1 is 0.962 bits per heavy atom. The standard InChI is InChI=1S/C15H8Cl2F8S/c16-8-5-9(26-13(19,14(20,21)22)15(23,24)25)7-12(17,6-8)10-3-1-2-4-11(10)18/h1-5,7H,6H2. The maximum atomic E-state index is 14.0. The van der Waals surface area contributed by atoms with Gasteiger partial charge < -0.3 is 0 Å². The Labute approximate surface area is 156 Å². The smallest absolute Gasteiger partial charge is 0.211 e. The first-order valence-corrected chi connectivity index (χ1v) is 8.31. The van der Waals surface area contributed by atoms with E-state index in [2.05, 4.69) is 0 Å². The zero-order valence-corrected chi connectivity index (χ0v) is 14.7. The van der Waals surface area contributed by atoms with Crippen LogP contribution in [0, 0.1) is 5.82 Å². The summed E-state index contributed by atoms with van der Waals surface area (Å²) in [4.78, 5) is -2.69. The number of hydrogen-bond acceptors (Lipinski definition) is 1. The van der Waals surface area contributed by atoms with Crippen molar-refractivity contribution in [3.63, 3.8) is 0 Å². The molecule has 1 unspecified atom stereocenters. The fourth-order valence-electron chi connectivity index (χ4n) is 2.24. The first-order chi connectivity index (χ1) is 11.7. The molecule has 0 saturated heterocycles. The summed E-state index contributed by atoms with van der Waals surface area (Å²) in [6.07, 6.45) is -11.3. The Balaban J connectivity index is 2.51. The lowest BCUT2D eigenvalue weighted by Gasteiger charge is -2.33. The van der Waals surface area contributed by atoms with E-state index in [-0.39, 0.29) is 17.0 Å². The van der Waals surface area contributed by atoms with Gasteiger partial charge in [-0.15, -0.1) is 11.6 Å². The predicted molar refractivity (Wildman–Crippen MR) is 84.1 cm³/mol. The third kappa shape index (κ3) is 3.99. The Bertz CT molecular complexity index is 739. The van der Waals surface area contributed by atoms with Gasteiger partial charge in [0.2, 0.25) is 0 Å². The second kappa shape index (κ2) is 6.91. The van der Waals surface area contributed by atoms with Crippen molar-refractivity contribution < 1.29 is 35.1 Å². The van der Waals surface area contributed by atoms with E-state index < -0.39 is 44.7 Å². The number of halogens is 10. The van der Waals surface area contributed by atoms with Gasteiger partial charge in [-0.3, -0.25) is 0 Å². The van der Waals surface area contributed by atoms with E-state index in [1.54, 1.807) is 0 Å². The lowest BCUT2D eigenvalue weighted by molar-refractivity contribution is -0.302. The van der Waals surface area contributed by atoms with Crippen LogP contribution in [0.15, 0.2) is 46.4 Å². The third-order valence-electron chi connectivity index (χ3n) is 3.41. The highest BCUT2D eigenvalue weighted by Gasteiger charge is 2.73. The second-order valence-electron chi connectivity index (χ2n) is 5.35. The van der Waals surface area contributed by atoms with Crippen molar-refractivity contribution in [2.24, 2.45) is 0 Å². The topological polar surface area (TPSA) is 0 Å². The quantitative estimate of drug-likeness (QED) is 0.352. The SMILES string of the molecule is Fc1ccccc1C1(Cl)C=C(SC(F)(C(F)(F)F)C(F)(F)F)C=C(Cl)C1. The Kier molecular flexibility index (Phi) is 5.68. The molecule has 0 N–H and O–H groups in total. The van der Waals surface area contributed by atoms with E-state index in [0.29, 0.717) is 0 Å². The van der Waals surface area contributed by atoms with Crippen LogP contribution in [0.25, 0.3) is 0 Å². The fraction of sp³-hybridized carbons (Fsp3) is 0.333. The van der Waals surface area contributed by atoms with Crippen LogP contribution in [0.4, 0.5) is 35.1 Å². The Morgan fingerprint density at radius 3 is 2.00 bits per heavy atom. The van der Waals surface area contributed by atoms with Gasteiger partial charge >= 0.3 is 17.4 Å². The molecule has 0 nitrogen and oxygen atoms in total. The van der Waals surface area contributed by atoms with Crippen LogP contribution in [-0.2, 0) is 4.87 Å². The molecule has 0 heterocycles. The average Bonchev–Trinajstić information content (AvgIpc) is 2.44. The number of benzene rings is 1. The molecule has 0 bridgehead atoms. The van der Waals surface area contributed by atoms with Crippen molar-refractivity contribution in [2.75, 3.05) is 0 Å². The van der Waals surface area contributed by atoms with Crippen LogP contribution in [-0.4, -0.2) is 17.4 Å². The minimum Gasteiger partial charge on any atom is -0.211 e. The van der Waals surface area contributed by atoms with Gasteiger partial charge in [-0.05, 0) is 18.2 Å². The Hall–Kier alpha value is -0.930. The van der Waals surface area contributed by atoms with Crippen LogP contribution in [0.3, 0.4) is 0 Å². The van der Waals surface area contributed by atoms with Gasteiger partial charge in [0.05, 0.1) is 4.87 Å². The van der Waals surface area contributed by atoms with Crippen molar-refractivity contribution in [3.8, 4) is 0 Å². The summed E-state index contributed by atoms with van der Waals surface area (Å²) in [5.74, 6) is -0.840. The van der Waals surface area contributed by atoms with E-state index in [1.807, 2.05) is 0 Å². The van der Waals surface area contributed by atoms with Gasteiger partial charge in [-0.2, -0.15) is 26.3 Å². The summed E-state index contributed by atoms with van der Waals surface area (Å²) in [5, 5.41) is -5.83. The molecule has 11 heteroatoms. The number of hydrogen-bond donors (Lipinski definition) is 0. The van der Waals surface area contributed by atoms with E-state index in [9.17, 15) is 35.1 Å². The van der Waals surface area contributed by atoms with Gasteiger partial charge in [0.15, 0.2) is 0 Å². The van der Waals surface area contributed by atoms with E-state index in [1.165, 1.54) is 18.2 Å². The molecule has 0 aromatic heterocycles. The molecule has 0 saturated carbocycles. The molecule has 1 aliphatic rings. The van der Waals surface area contributed by atoms with Crippen molar-refractivity contribution in [2.45, 2.75) is 28.6 Å². The predicted octanol–water partition coefficient (Wildman–Crippen LogP) is 7.19. The van der Waals surface area contributed by atoms with Crippen molar-refractivity contribution in [3.05, 3.63) is 57.7 Å². The Morgan fingerprint density at radius 2 is 1.50 bits per heavy atom. The van der Waals surface area contributed by atoms with Crippen LogP contribution < -0.4 is 0 Å². The van der Waals surface area contributed by atoms with Crippen LogP contribution in [0.2, 0.25) is 0 Å². The maximum absolute atomic E-state index is 14.0. The van der Waals surface area contributed by atoms with E-state index >= 15 is 0 Å². The number of alkyl halides is 8. The first kappa shape index (κ1) is 21.4. The van der Waals surface area contributed by atoms with Gasteiger partial charge in [0, 0.05) is 21.9 Å². The molecule has 1 aromatic rings. The minimum absolute atomic E-state index is 0.213. The summed E-state index contributed by atoms with van der Waals surface area (Å²) >= 11 is 10.8. The third-order valence-corrected chi connectivity index (χ3v) is 5.31. The number of rotatable bonds is 3. The summed E-state index contributed by atoms with van der Waals surface area (Å²) in [7, 11) is 0. The summed E-state index contributed by atoms with van der Waals surface area (Å²) < 4.78 is 104. The largest absolute Gasteiger partial charge is 0.441 e. The van der Waals surface area contributed by atoms with Gasteiger partial charge in [0.1, 0.15) is 5.82 Å². The monoisotopic (exact) mass is 442 g/mol. The normalized spacial score (nSPS) is 22.1. The van der Waals surface area contributed by atoms with E-state index in [0.717, 1.165) is 18.2 Å². The van der Waals surface area contributed by atoms with Gasteiger partial charge in [-0.25, -0.2) is 8.78 Å². The molecule has 0 fully saturated rings. The molecule has 0 amide bonds. The molecule has 1 aliphatic carbocycles. The number of thioether (sulfide) groups is 1. The molecule has 144 valence electrons. The zero-order valence-electron chi connectivity index (χ0n) is 12.4. The summed E-state index contributed by atoms with van der Waals surface area (Å²) in [6.45, 7) is 0. The number of allylic oxidation sites excluding steroid dienone is 3. The molecule has 2 rings (SSSR count). The lowest BCUT2D eigenvalue weighted by atomic mass is 9.91. The highest BCUT2D eigenvalue weighted by Crippen LogP contribution is 2.57. The fourth-order valence-corrected chi connectivity index (χ4v) is 4.20. The van der Waals surface area contributed by atoms with Crippen molar-refractivity contribution in [1.29, 1.82) is 0 Å². The second-order valence-corrected chi connectivity index (χ2v) is 7.75. The first-order valence-electron chi connectivity index (χ1n) is 6.74. The van der Waals surface area contributed by atoms with E-state index in [4.69, 9.17) is 23.2 Å². The molecule has 26 heavy (non-hydrogen) atoms. The van der Waals surface area contributed by atoms with Crippen LogP contribution in [0.5, 0.6) is 0 Å². The van der Waals surface area contributed by atoms with Crippen LogP contribution in [0.1, 0.15) is 12.0 Å². The molecular formula is C15H8Cl2F8S. The molecule has 1 aromatic carbocycles. The molecule has 0 radical (unpaired) electrons. The van der Waals surface area contributed by atoms with Crippen molar-refractivity contribution in [1.82, 2.24) is 0 Å². The molecule has 0 spiro atoms. The molecule has 0 aliphatic heterocycles. The minimum atomic E-state index is -6.25. The average molecular weight is 443 g/mol. The summed E-state index contributed by atoms with van der Waals surface area (Å²) in [6, 6.07) is 4.91. The highest BCUT2D eigenvalue weighted by molar-refractivity contribution is 8.04. The maximum Gasteiger partial charge on any atom is 0.441 e. The van der Waals surface area contributed by atoms with Crippen molar-refractivity contribution >= 4 is 35.0 Å². The van der Waals surface area contributed by atoms with Crippen LogP contribution >= 0.6 is 35.0 Å². The van der Waals surface area contributed by atoms with Gasteiger partial charge in [-0.1, -0.05) is 41.6 Å². The zero-order chi connectivity index (χ0) is 20.0. The molecule has 1 atom stereocenters. The van der Waals surface area contributed by atoms with Gasteiger partial charge in [0.25, 0.3) is 0 Å². The molecular weight excluding hydrogens is 435 g/mol. The summed E-state index contributed by atoms with van der Waals surface area (Å²) in [5.41, 5.74) is -0.213.